The van der Waals surface area contributed by atoms with Crippen molar-refractivity contribution in [3.05, 3.63) is 35.4 Å². The zero-order valence-electron chi connectivity index (χ0n) is 12.7. The maximum atomic E-state index is 11.0. The number of halogens is 1. The highest BCUT2D eigenvalue weighted by Gasteiger charge is 2.20. The minimum Gasteiger partial charge on any atom is -0.357 e. The molecule has 1 N–H and O–H groups in total. The molecular weight excluding hydrogens is 298 g/mol. The second-order valence-corrected chi connectivity index (χ2v) is 6.26. The lowest BCUT2D eigenvalue weighted by Gasteiger charge is -2.33. The van der Waals surface area contributed by atoms with Gasteiger partial charge in [-0.25, -0.2) is 4.98 Å². The third kappa shape index (κ3) is 3.33. The van der Waals surface area contributed by atoms with Gasteiger partial charge >= 0.3 is 0 Å². The Morgan fingerprint density at radius 2 is 2.09 bits per heavy atom. The lowest BCUT2D eigenvalue weighted by atomic mass is 9.97. The normalized spacial score (nSPS) is 16.0. The number of hydrogen-bond donors (Lipinski definition) is 1. The first-order chi connectivity index (χ1) is 10.6. The van der Waals surface area contributed by atoms with Crippen molar-refractivity contribution in [2.45, 2.75) is 19.8 Å². The third-order valence-corrected chi connectivity index (χ3v) is 4.54. The molecule has 2 aromatic rings. The zero-order valence-corrected chi connectivity index (χ0v) is 13.4. The zero-order chi connectivity index (χ0) is 15.5. The number of pyridine rings is 1. The van der Waals surface area contributed by atoms with E-state index in [0.29, 0.717) is 10.9 Å². The first kappa shape index (κ1) is 15.1. The van der Waals surface area contributed by atoms with Gasteiger partial charge in [-0.05, 0) is 37.0 Å². The summed E-state index contributed by atoms with van der Waals surface area (Å²) >= 11 is 6.24. The van der Waals surface area contributed by atoms with Crippen molar-refractivity contribution < 1.29 is 4.79 Å². The Morgan fingerprint density at radius 3 is 2.82 bits per heavy atom. The van der Waals surface area contributed by atoms with Gasteiger partial charge in [-0.15, -0.1) is 0 Å². The number of nitrogens with one attached hydrogen (secondary N) is 1. The van der Waals surface area contributed by atoms with Crippen molar-refractivity contribution in [3.8, 4) is 0 Å². The summed E-state index contributed by atoms with van der Waals surface area (Å²) in [5.74, 6) is 1.59. The molecule has 1 saturated heterocycles. The Labute approximate surface area is 135 Å². The van der Waals surface area contributed by atoms with E-state index in [-0.39, 0.29) is 5.91 Å². The number of carbonyl (C=O) groups excluding carboxylic acids is 1. The van der Waals surface area contributed by atoms with E-state index in [4.69, 9.17) is 16.6 Å². The quantitative estimate of drug-likeness (QED) is 0.945. The summed E-state index contributed by atoms with van der Waals surface area (Å²) in [4.78, 5) is 18.0. The van der Waals surface area contributed by atoms with Crippen LogP contribution < -0.4 is 10.2 Å². The number of piperidine rings is 1. The number of carbonyl (C=O) groups is 1. The number of aromatic nitrogens is 1. The molecule has 116 valence electrons. The van der Waals surface area contributed by atoms with Crippen LogP contribution in [-0.4, -0.2) is 30.5 Å². The molecule has 0 atom stereocenters. The topological polar surface area (TPSA) is 45.2 Å². The van der Waals surface area contributed by atoms with Gasteiger partial charge in [0.15, 0.2) is 0 Å². The van der Waals surface area contributed by atoms with Gasteiger partial charge in [-0.2, -0.15) is 0 Å². The number of anilines is 1. The Balaban J connectivity index is 1.68. The minimum absolute atomic E-state index is 0.0493. The first-order valence-corrected chi connectivity index (χ1v) is 8.06. The van der Waals surface area contributed by atoms with Crippen LogP contribution >= 0.6 is 11.6 Å². The van der Waals surface area contributed by atoms with Crippen LogP contribution in [0.5, 0.6) is 0 Å². The monoisotopic (exact) mass is 317 g/mol. The fraction of sp³-hybridized carbons (Fsp3) is 0.412. The Kier molecular flexibility index (Phi) is 4.48. The van der Waals surface area contributed by atoms with Crippen molar-refractivity contribution in [2.75, 3.05) is 24.5 Å². The maximum Gasteiger partial charge on any atom is 0.216 e. The summed E-state index contributed by atoms with van der Waals surface area (Å²) in [7, 11) is 0. The van der Waals surface area contributed by atoms with Gasteiger partial charge in [-0.1, -0.05) is 23.7 Å². The predicted octanol–water partition coefficient (Wildman–Crippen LogP) is 3.24. The van der Waals surface area contributed by atoms with E-state index in [1.807, 2.05) is 18.2 Å². The van der Waals surface area contributed by atoms with Crippen LogP contribution in [0.3, 0.4) is 0 Å². The fourth-order valence-electron chi connectivity index (χ4n) is 2.93. The number of rotatable bonds is 3. The van der Waals surface area contributed by atoms with Crippen molar-refractivity contribution in [3.63, 3.8) is 0 Å². The Hall–Kier alpha value is -1.81. The summed E-state index contributed by atoms with van der Waals surface area (Å²) in [5.41, 5.74) is 0.863. The van der Waals surface area contributed by atoms with Crippen LogP contribution in [0.15, 0.2) is 30.3 Å². The molecule has 0 saturated carbocycles. The molecule has 1 amide bonds. The standard InChI is InChI=1S/C17H20ClN3O/c1-12(22)19-11-13-7-9-21(10-8-13)16-6-5-14-3-2-4-15(18)17(14)20-16/h2-6,13H,7-11H2,1H3,(H,19,22). The van der Waals surface area contributed by atoms with Crippen molar-refractivity contribution in [1.82, 2.24) is 10.3 Å². The number of nitrogens with zero attached hydrogens (tertiary/aromatic N) is 2. The molecule has 0 aliphatic carbocycles. The second-order valence-electron chi connectivity index (χ2n) is 5.85. The number of hydrogen-bond acceptors (Lipinski definition) is 3. The number of para-hydroxylation sites is 1. The second kappa shape index (κ2) is 6.53. The third-order valence-electron chi connectivity index (χ3n) is 4.23. The average molecular weight is 318 g/mol. The summed E-state index contributed by atoms with van der Waals surface area (Å²) in [6.45, 7) is 4.28. The van der Waals surface area contributed by atoms with Crippen LogP contribution in [-0.2, 0) is 4.79 Å². The van der Waals surface area contributed by atoms with Gasteiger partial charge in [0.2, 0.25) is 5.91 Å². The van der Waals surface area contributed by atoms with Gasteiger partial charge in [0.25, 0.3) is 0 Å². The fourth-order valence-corrected chi connectivity index (χ4v) is 3.16. The highest BCUT2D eigenvalue weighted by atomic mass is 35.5. The molecule has 2 heterocycles. The van der Waals surface area contributed by atoms with Gasteiger partial charge in [0.05, 0.1) is 10.5 Å². The maximum absolute atomic E-state index is 11.0. The molecule has 0 unspecified atom stereocenters. The van der Waals surface area contributed by atoms with Gasteiger partial charge < -0.3 is 10.2 Å². The minimum atomic E-state index is 0.0493. The highest BCUT2D eigenvalue weighted by Crippen LogP contribution is 2.27. The molecule has 4 nitrogen and oxygen atoms in total. The molecule has 5 heteroatoms. The van der Waals surface area contributed by atoms with Crippen molar-refractivity contribution in [1.29, 1.82) is 0 Å². The van der Waals surface area contributed by atoms with Crippen LogP contribution in [0.1, 0.15) is 19.8 Å². The molecule has 22 heavy (non-hydrogen) atoms. The van der Waals surface area contributed by atoms with E-state index in [1.54, 1.807) is 6.92 Å². The lowest BCUT2D eigenvalue weighted by Crippen LogP contribution is -2.38. The summed E-state index contributed by atoms with van der Waals surface area (Å²) in [6, 6.07) is 9.98. The molecule has 1 aliphatic heterocycles. The smallest absolute Gasteiger partial charge is 0.216 e. The van der Waals surface area contributed by atoms with E-state index in [9.17, 15) is 4.79 Å². The molecule has 1 fully saturated rings. The SMILES string of the molecule is CC(=O)NCC1CCN(c2ccc3cccc(Cl)c3n2)CC1. The van der Waals surface area contributed by atoms with E-state index in [0.717, 1.165) is 49.2 Å². The number of fused-ring (bicyclic) bond motifs is 1. The molecule has 1 aromatic carbocycles. The largest absolute Gasteiger partial charge is 0.357 e. The molecule has 1 aromatic heterocycles. The summed E-state index contributed by atoms with van der Waals surface area (Å²) < 4.78 is 0. The molecular formula is C17H20ClN3O. The van der Waals surface area contributed by atoms with Crippen molar-refractivity contribution >= 4 is 34.2 Å². The van der Waals surface area contributed by atoms with Crippen LogP contribution in [0, 0.1) is 5.92 Å². The van der Waals surface area contributed by atoms with Crippen molar-refractivity contribution in [2.24, 2.45) is 5.92 Å². The van der Waals surface area contributed by atoms with Gasteiger partial charge in [-0.3, -0.25) is 4.79 Å². The number of amides is 1. The van der Waals surface area contributed by atoms with Gasteiger partial charge in [0.1, 0.15) is 5.82 Å². The van der Waals surface area contributed by atoms with E-state index < -0.39 is 0 Å². The number of benzene rings is 1. The van der Waals surface area contributed by atoms with Crippen LogP contribution in [0.25, 0.3) is 10.9 Å². The Morgan fingerprint density at radius 1 is 1.32 bits per heavy atom. The highest BCUT2D eigenvalue weighted by molar-refractivity contribution is 6.35. The molecule has 0 spiro atoms. The lowest BCUT2D eigenvalue weighted by molar-refractivity contribution is -0.119. The average Bonchev–Trinajstić information content (AvgIpc) is 2.53. The molecule has 3 rings (SSSR count). The van der Waals surface area contributed by atoms with E-state index in [1.165, 1.54) is 0 Å². The van der Waals surface area contributed by atoms with Gasteiger partial charge in [0, 0.05) is 31.9 Å². The van der Waals surface area contributed by atoms with Crippen LogP contribution in [0.2, 0.25) is 5.02 Å². The van der Waals surface area contributed by atoms with Crippen LogP contribution in [0.4, 0.5) is 5.82 Å². The summed E-state index contributed by atoms with van der Waals surface area (Å²) in [6.07, 6.45) is 2.14. The first-order valence-electron chi connectivity index (χ1n) is 7.68. The van der Waals surface area contributed by atoms with E-state index in [2.05, 4.69) is 22.3 Å². The Bertz CT molecular complexity index is 681. The molecule has 1 aliphatic rings. The summed E-state index contributed by atoms with van der Waals surface area (Å²) in [5, 5.41) is 4.67. The van der Waals surface area contributed by atoms with E-state index >= 15 is 0 Å². The predicted molar refractivity (Wildman–Crippen MR) is 90.4 cm³/mol. The molecule has 0 bridgehead atoms. The molecule has 0 radical (unpaired) electrons.